The van der Waals surface area contributed by atoms with Crippen molar-refractivity contribution in [3.8, 4) is 5.75 Å². The van der Waals surface area contributed by atoms with Crippen molar-refractivity contribution in [2.45, 2.75) is 6.92 Å². The van der Waals surface area contributed by atoms with E-state index in [0.29, 0.717) is 22.8 Å². The van der Waals surface area contributed by atoms with Crippen LogP contribution in [0.1, 0.15) is 16.1 Å². The zero-order valence-electron chi connectivity index (χ0n) is 10.6. The van der Waals surface area contributed by atoms with Gasteiger partial charge in [-0.15, -0.1) is 0 Å². The van der Waals surface area contributed by atoms with Gasteiger partial charge in [0.2, 0.25) is 0 Å². The molecule has 104 valence electrons. The minimum Gasteiger partial charge on any atom is -0.482 e. The molecule has 7 heteroatoms. The zero-order valence-corrected chi connectivity index (χ0v) is 10.6. The monoisotopic (exact) mass is 276 g/mol. The van der Waals surface area contributed by atoms with Crippen LogP contribution in [0.5, 0.6) is 5.75 Å². The molecule has 7 nitrogen and oxygen atoms in total. The Bertz CT molecular complexity index is 635. The van der Waals surface area contributed by atoms with Gasteiger partial charge in [0.1, 0.15) is 17.1 Å². The van der Waals surface area contributed by atoms with Gasteiger partial charge in [0.05, 0.1) is 6.20 Å². The minimum absolute atomic E-state index is 0.335. The van der Waals surface area contributed by atoms with Crippen LogP contribution < -0.4 is 10.1 Å². The lowest BCUT2D eigenvalue weighted by molar-refractivity contribution is -0.139. The van der Waals surface area contributed by atoms with Crippen LogP contribution in [0.15, 0.2) is 35.0 Å². The summed E-state index contributed by atoms with van der Waals surface area (Å²) in [5, 5.41) is 14.7. The Balaban J connectivity index is 2.06. The quantitative estimate of drug-likeness (QED) is 0.861. The van der Waals surface area contributed by atoms with E-state index in [-0.39, 0.29) is 5.91 Å². The smallest absolute Gasteiger partial charge is 0.341 e. The molecular formula is C13H12N2O5. The fourth-order valence-electron chi connectivity index (χ4n) is 1.52. The van der Waals surface area contributed by atoms with Crippen molar-refractivity contribution in [2.75, 3.05) is 11.9 Å². The lowest BCUT2D eigenvalue weighted by Crippen LogP contribution is -2.13. The molecular weight excluding hydrogens is 264 g/mol. The molecule has 0 radical (unpaired) electrons. The lowest BCUT2D eigenvalue weighted by atomic mass is 10.2. The Morgan fingerprint density at radius 1 is 1.45 bits per heavy atom. The van der Waals surface area contributed by atoms with Crippen LogP contribution in [0, 0.1) is 6.92 Å². The van der Waals surface area contributed by atoms with Crippen LogP contribution in [-0.4, -0.2) is 28.7 Å². The highest BCUT2D eigenvalue weighted by Gasteiger charge is 2.13. The molecule has 0 aliphatic rings. The number of hydrogen-bond acceptors (Lipinski definition) is 5. The number of hydrogen-bond donors (Lipinski definition) is 2. The van der Waals surface area contributed by atoms with Crippen LogP contribution >= 0.6 is 0 Å². The van der Waals surface area contributed by atoms with Crippen molar-refractivity contribution in [1.29, 1.82) is 0 Å². The number of ether oxygens (including phenoxy) is 1. The molecule has 1 aromatic heterocycles. The van der Waals surface area contributed by atoms with E-state index in [1.54, 1.807) is 25.1 Å². The van der Waals surface area contributed by atoms with Gasteiger partial charge < -0.3 is 19.7 Å². The Labute approximate surface area is 114 Å². The first-order valence-corrected chi connectivity index (χ1v) is 5.73. The molecule has 2 aromatic rings. The number of aliphatic carboxylic acids is 1. The standard InChI is InChI=1S/C13H12N2O5/c1-8-11(6-14-20-8)13(18)15-9-3-2-4-10(5-9)19-7-12(16)17/h2-6H,7H2,1H3,(H,15,18)(H,16,17). The Morgan fingerprint density at radius 3 is 2.90 bits per heavy atom. The first-order valence-electron chi connectivity index (χ1n) is 5.73. The number of aryl methyl sites for hydroxylation is 1. The third kappa shape index (κ3) is 3.35. The second kappa shape index (κ2) is 5.87. The van der Waals surface area contributed by atoms with E-state index in [1.165, 1.54) is 12.3 Å². The van der Waals surface area contributed by atoms with Gasteiger partial charge in [-0.25, -0.2) is 4.79 Å². The lowest BCUT2D eigenvalue weighted by Gasteiger charge is -2.07. The maximum atomic E-state index is 11.9. The van der Waals surface area contributed by atoms with Crippen LogP contribution in [-0.2, 0) is 4.79 Å². The average molecular weight is 276 g/mol. The van der Waals surface area contributed by atoms with Crippen LogP contribution in [0.25, 0.3) is 0 Å². The summed E-state index contributed by atoms with van der Waals surface area (Å²) in [6, 6.07) is 6.44. The summed E-state index contributed by atoms with van der Waals surface area (Å²) in [4.78, 5) is 22.3. The molecule has 1 aromatic carbocycles. The van der Waals surface area contributed by atoms with E-state index in [4.69, 9.17) is 14.4 Å². The largest absolute Gasteiger partial charge is 0.482 e. The van der Waals surface area contributed by atoms with Crippen molar-refractivity contribution < 1.29 is 24.0 Å². The molecule has 0 aliphatic carbocycles. The zero-order chi connectivity index (χ0) is 14.5. The van der Waals surface area contributed by atoms with Crippen LogP contribution in [0.2, 0.25) is 0 Å². The molecule has 2 N–H and O–H groups in total. The molecule has 0 saturated heterocycles. The van der Waals surface area contributed by atoms with Gasteiger partial charge in [0.25, 0.3) is 5.91 Å². The normalized spacial score (nSPS) is 10.1. The predicted octanol–water partition coefficient (Wildman–Crippen LogP) is 1.70. The van der Waals surface area contributed by atoms with Gasteiger partial charge in [-0.1, -0.05) is 11.2 Å². The number of rotatable bonds is 5. The molecule has 0 atom stereocenters. The van der Waals surface area contributed by atoms with Gasteiger partial charge in [0.15, 0.2) is 6.61 Å². The summed E-state index contributed by atoms with van der Waals surface area (Å²) in [7, 11) is 0. The Morgan fingerprint density at radius 2 is 2.25 bits per heavy atom. The van der Waals surface area contributed by atoms with Gasteiger partial charge in [-0.3, -0.25) is 4.79 Å². The highest BCUT2D eigenvalue weighted by atomic mass is 16.5. The Hall–Kier alpha value is -2.83. The maximum absolute atomic E-state index is 11.9. The second-order valence-corrected chi connectivity index (χ2v) is 3.96. The van der Waals surface area contributed by atoms with E-state index in [1.807, 2.05) is 0 Å². The fourth-order valence-corrected chi connectivity index (χ4v) is 1.52. The number of carboxylic acids is 1. The van der Waals surface area contributed by atoms with Crippen molar-refractivity contribution in [2.24, 2.45) is 0 Å². The molecule has 0 bridgehead atoms. The van der Waals surface area contributed by atoms with Crippen molar-refractivity contribution in [1.82, 2.24) is 5.16 Å². The summed E-state index contributed by atoms with van der Waals surface area (Å²) in [5.74, 6) is -0.660. The molecule has 0 aliphatic heterocycles. The first kappa shape index (κ1) is 13.6. The number of nitrogens with one attached hydrogen (secondary N) is 1. The molecule has 0 spiro atoms. The van der Waals surface area contributed by atoms with Crippen molar-refractivity contribution >= 4 is 17.6 Å². The van der Waals surface area contributed by atoms with Crippen LogP contribution in [0.3, 0.4) is 0 Å². The van der Waals surface area contributed by atoms with Crippen molar-refractivity contribution in [3.05, 3.63) is 41.8 Å². The molecule has 0 fully saturated rings. The number of benzene rings is 1. The summed E-state index contributed by atoms with van der Waals surface area (Å²) >= 11 is 0. The third-order valence-electron chi connectivity index (χ3n) is 2.45. The second-order valence-electron chi connectivity index (χ2n) is 3.96. The van der Waals surface area contributed by atoms with Gasteiger partial charge in [-0.05, 0) is 19.1 Å². The number of carboxylic acid groups (broad SMARTS) is 1. The highest BCUT2D eigenvalue weighted by molar-refractivity contribution is 6.04. The van der Waals surface area contributed by atoms with Gasteiger partial charge >= 0.3 is 5.97 Å². The van der Waals surface area contributed by atoms with E-state index in [9.17, 15) is 9.59 Å². The number of aromatic nitrogens is 1. The van der Waals surface area contributed by atoms with E-state index in [2.05, 4.69) is 10.5 Å². The molecule has 0 saturated carbocycles. The predicted molar refractivity (Wildman–Crippen MR) is 68.8 cm³/mol. The third-order valence-corrected chi connectivity index (χ3v) is 2.45. The molecule has 0 unspecified atom stereocenters. The van der Waals surface area contributed by atoms with E-state index >= 15 is 0 Å². The minimum atomic E-state index is -1.07. The average Bonchev–Trinajstić information content (AvgIpc) is 2.83. The topological polar surface area (TPSA) is 102 Å². The van der Waals surface area contributed by atoms with Crippen molar-refractivity contribution in [3.63, 3.8) is 0 Å². The molecule has 20 heavy (non-hydrogen) atoms. The number of carbonyl (C=O) groups is 2. The van der Waals surface area contributed by atoms with Gasteiger partial charge in [0, 0.05) is 11.8 Å². The first-order chi connectivity index (χ1) is 9.56. The highest BCUT2D eigenvalue weighted by Crippen LogP contribution is 2.18. The summed E-state index contributed by atoms with van der Waals surface area (Å²) in [6.07, 6.45) is 1.33. The molecule has 1 amide bonds. The number of anilines is 1. The number of amides is 1. The number of carbonyl (C=O) groups excluding carboxylic acids is 1. The SMILES string of the molecule is Cc1oncc1C(=O)Nc1cccc(OCC(=O)O)c1. The van der Waals surface area contributed by atoms with E-state index < -0.39 is 12.6 Å². The maximum Gasteiger partial charge on any atom is 0.341 e. The van der Waals surface area contributed by atoms with Crippen LogP contribution in [0.4, 0.5) is 5.69 Å². The van der Waals surface area contributed by atoms with Gasteiger partial charge in [-0.2, -0.15) is 0 Å². The molecule has 1 heterocycles. The molecule has 2 rings (SSSR count). The number of nitrogens with zero attached hydrogens (tertiary/aromatic N) is 1. The summed E-state index contributed by atoms with van der Waals surface area (Å²) < 4.78 is 9.83. The van der Waals surface area contributed by atoms with E-state index in [0.717, 1.165) is 0 Å². The fraction of sp³-hybridized carbons (Fsp3) is 0.154. The summed E-state index contributed by atoms with van der Waals surface area (Å²) in [6.45, 7) is 1.19. The summed E-state index contributed by atoms with van der Waals surface area (Å²) in [5.41, 5.74) is 0.820. The Kier molecular flexibility index (Phi) is 3.99.